The second kappa shape index (κ2) is 8.23. The SMILES string of the molecule is O=C(CNC(=O)C1c2ccccc2C(=O)N1C1CC1)NCC(O)c1cccc(F)c1. The number of aliphatic hydroxyl groups is 1. The zero-order chi connectivity index (χ0) is 21.3. The van der Waals surface area contributed by atoms with Gasteiger partial charge in [-0.1, -0.05) is 30.3 Å². The lowest BCUT2D eigenvalue weighted by atomic mass is 10.0. The number of carbonyl (C=O) groups excluding carboxylic acids is 3. The van der Waals surface area contributed by atoms with Crippen LogP contribution in [-0.2, 0) is 9.59 Å². The van der Waals surface area contributed by atoms with Gasteiger partial charge in [-0.05, 0) is 42.2 Å². The molecule has 7 nitrogen and oxygen atoms in total. The fraction of sp³-hybridized carbons (Fsp3) is 0.318. The zero-order valence-electron chi connectivity index (χ0n) is 16.2. The number of nitrogens with one attached hydrogen (secondary N) is 2. The lowest BCUT2D eigenvalue weighted by molar-refractivity contribution is -0.129. The van der Waals surface area contributed by atoms with E-state index in [4.69, 9.17) is 0 Å². The molecule has 0 radical (unpaired) electrons. The van der Waals surface area contributed by atoms with Crippen molar-refractivity contribution in [3.8, 4) is 0 Å². The summed E-state index contributed by atoms with van der Waals surface area (Å²) in [6.45, 7) is -0.406. The second-order valence-electron chi connectivity index (χ2n) is 7.53. The van der Waals surface area contributed by atoms with E-state index in [9.17, 15) is 23.9 Å². The van der Waals surface area contributed by atoms with E-state index in [1.54, 1.807) is 35.2 Å². The van der Waals surface area contributed by atoms with Gasteiger partial charge in [-0.2, -0.15) is 0 Å². The van der Waals surface area contributed by atoms with Crippen LogP contribution in [0.5, 0.6) is 0 Å². The first kappa shape index (κ1) is 20.0. The molecule has 2 aliphatic rings. The van der Waals surface area contributed by atoms with E-state index >= 15 is 0 Å². The van der Waals surface area contributed by atoms with Gasteiger partial charge in [0, 0.05) is 18.2 Å². The van der Waals surface area contributed by atoms with Crippen molar-refractivity contribution in [2.45, 2.75) is 31.0 Å². The molecule has 1 aliphatic heterocycles. The first-order valence-corrected chi connectivity index (χ1v) is 9.85. The number of fused-ring (bicyclic) bond motifs is 1. The van der Waals surface area contributed by atoms with Crippen LogP contribution in [0.2, 0.25) is 0 Å². The van der Waals surface area contributed by atoms with Crippen molar-refractivity contribution in [1.29, 1.82) is 0 Å². The summed E-state index contributed by atoms with van der Waals surface area (Å²) in [6, 6.07) is 11.8. The quantitative estimate of drug-likeness (QED) is 0.642. The number of halogens is 1. The molecule has 1 heterocycles. The molecule has 0 bridgehead atoms. The Morgan fingerprint density at radius 2 is 1.90 bits per heavy atom. The van der Waals surface area contributed by atoms with Crippen LogP contribution in [0.4, 0.5) is 4.39 Å². The largest absolute Gasteiger partial charge is 0.387 e. The molecule has 2 unspecified atom stereocenters. The van der Waals surface area contributed by atoms with Crippen molar-refractivity contribution >= 4 is 17.7 Å². The van der Waals surface area contributed by atoms with Gasteiger partial charge in [-0.3, -0.25) is 14.4 Å². The van der Waals surface area contributed by atoms with Gasteiger partial charge in [-0.15, -0.1) is 0 Å². The maximum absolute atomic E-state index is 13.2. The third-order valence-corrected chi connectivity index (χ3v) is 5.34. The van der Waals surface area contributed by atoms with Crippen LogP contribution in [0.1, 0.15) is 46.5 Å². The fourth-order valence-corrected chi connectivity index (χ4v) is 3.70. The highest BCUT2D eigenvalue weighted by Crippen LogP contribution is 2.41. The molecule has 3 N–H and O–H groups in total. The average Bonchev–Trinajstić information content (AvgIpc) is 3.54. The number of nitrogens with zero attached hydrogens (tertiary/aromatic N) is 1. The van der Waals surface area contributed by atoms with Crippen molar-refractivity contribution in [1.82, 2.24) is 15.5 Å². The molecule has 0 spiro atoms. The minimum atomic E-state index is -1.06. The van der Waals surface area contributed by atoms with Crippen LogP contribution >= 0.6 is 0 Å². The Balaban J connectivity index is 1.34. The normalized spacial score (nSPS) is 18.7. The highest BCUT2D eigenvalue weighted by Gasteiger charge is 2.47. The zero-order valence-corrected chi connectivity index (χ0v) is 16.2. The minimum absolute atomic E-state index is 0.0518. The van der Waals surface area contributed by atoms with Gasteiger partial charge >= 0.3 is 0 Å². The van der Waals surface area contributed by atoms with Crippen LogP contribution in [0, 0.1) is 5.82 Å². The van der Waals surface area contributed by atoms with Gasteiger partial charge in [0.15, 0.2) is 0 Å². The van der Waals surface area contributed by atoms with Crippen LogP contribution in [0.15, 0.2) is 48.5 Å². The number of amides is 3. The molecule has 0 aromatic heterocycles. The first-order chi connectivity index (χ1) is 14.5. The summed E-state index contributed by atoms with van der Waals surface area (Å²) in [5.74, 6) is -1.54. The second-order valence-corrected chi connectivity index (χ2v) is 7.53. The maximum Gasteiger partial charge on any atom is 0.255 e. The fourth-order valence-electron chi connectivity index (χ4n) is 3.70. The Labute approximate surface area is 172 Å². The summed E-state index contributed by atoms with van der Waals surface area (Å²) < 4.78 is 13.2. The van der Waals surface area contributed by atoms with Crippen molar-refractivity contribution in [3.05, 3.63) is 71.0 Å². The molecule has 2 atom stereocenters. The Morgan fingerprint density at radius 3 is 2.63 bits per heavy atom. The molecule has 1 fully saturated rings. The molecule has 8 heteroatoms. The molecule has 156 valence electrons. The van der Waals surface area contributed by atoms with E-state index < -0.39 is 29.8 Å². The molecule has 1 saturated carbocycles. The van der Waals surface area contributed by atoms with Gasteiger partial charge in [0.2, 0.25) is 11.8 Å². The lowest BCUT2D eigenvalue weighted by Gasteiger charge is -2.24. The summed E-state index contributed by atoms with van der Waals surface area (Å²) in [5.41, 5.74) is 1.52. The molecule has 1 aliphatic carbocycles. The summed E-state index contributed by atoms with van der Waals surface area (Å²) in [7, 11) is 0. The summed E-state index contributed by atoms with van der Waals surface area (Å²) in [6.07, 6.45) is 0.661. The van der Waals surface area contributed by atoms with Gasteiger partial charge in [0.1, 0.15) is 11.9 Å². The Morgan fingerprint density at radius 1 is 1.13 bits per heavy atom. The smallest absolute Gasteiger partial charge is 0.255 e. The molecule has 0 saturated heterocycles. The van der Waals surface area contributed by atoms with Gasteiger partial charge < -0.3 is 20.6 Å². The Kier molecular flexibility index (Phi) is 5.50. The van der Waals surface area contributed by atoms with E-state index in [2.05, 4.69) is 10.6 Å². The van der Waals surface area contributed by atoms with Crippen molar-refractivity contribution in [3.63, 3.8) is 0 Å². The predicted octanol–water partition coefficient (Wildman–Crippen LogP) is 1.45. The van der Waals surface area contributed by atoms with Crippen molar-refractivity contribution < 1.29 is 23.9 Å². The summed E-state index contributed by atoms with van der Waals surface area (Å²) in [5, 5.41) is 15.2. The van der Waals surface area contributed by atoms with E-state index in [-0.39, 0.29) is 25.0 Å². The first-order valence-electron chi connectivity index (χ1n) is 9.85. The van der Waals surface area contributed by atoms with Gasteiger partial charge in [0.25, 0.3) is 5.91 Å². The van der Waals surface area contributed by atoms with Crippen molar-refractivity contribution in [2.75, 3.05) is 13.1 Å². The monoisotopic (exact) mass is 411 g/mol. The third-order valence-electron chi connectivity index (χ3n) is 5.34. The lowest BCUT2D eigenvalue weighted by Crippen LogP contribution is -2.44. The predicted molar refractivity (Wildman–Crippen MR) is 106 cm³/mol. The number of hydrogen-bond acceptors (Lipinski definition) is 4. The number of benzene rings is 2. The number of aliphatic hydroxyl groups excluding tert-OH is 1. The van der Waals surface area contributed by atoms with Crippen LogP contribution in [0.3, 0.4) is 0 Å². The van der Waals surface area contributed by atoms with E-state index in [1.807, 2.05) is 0 Å². The highest BCUT2D eigenvalue weighted by atomic mass is 19.1. The van der Waals surface area contributed by atoms with Crippen LogP contribution in [0.25, 0.3) is 0 Å². The van der Waals surface area contributed by atoms with Crippen LogP contribution in [-0.4, -0.2) is 46.9 Å². The van der Waals surface area contributed by atoms with Crippen molar-refractivity contribution in [2.24, 2.45) is 0 Å². The molecule has 3 amide bonds. The maximum atomic E-state index is 13.2. The molecule has 30 heavy (non-hydrogen) atoms. The molecular formula is C22H22FN3O4. The van der Waals surface area contributed by atoms with Gasteiger partial charge in [0.05, 0.1) is 12.6 Å². The molecule has 2 aromatic carbocycles. The average molecular weight is 411 g/mol. The van der Waals surface area contributed by atoms with Crippen LogP contribution < -0.4 is 10.6 Å². The number of carbonyl (C=O) groups is 3. The molecule has 2 aromatic rings. The number of rotatable bonds is 7. The Bertz CT molecular complexity index is 992. The minimum Gasteiger partial charge on any atom is -0.387 e. The summed E-state index contributed by atoms with van der Waals surface area (Å²) in [4.78, 5) is 39.2. The summed E-state index contributed by atoms with van der Waals surface area (Å²) >= 11 is 0. The highest BCUT2D eigenvalue weighted by molar-refractivity contribution is 6.05. The molecule has 4 rings (SSSR count). The topological polar surface area (TPSA) is 98.7 Å². The van der Waals surface area contributed by atoms with E-state index in [0.717, 1.165) is 12.8 Å². The third kappa shape index (κ3) is 4.04. The standard InChI is InChI=1S/C22H22FN3O4/c23-14-5-3-4-13(10-14)18(27)11-24-19(28)12-25-21(29)20-16-6-1-2-7-17(16)22(30)26(20)15-8-9-15/h1-7,10,15,18,20,27H,8-9,11-12H2,(H,24,28)(H,25,29). The Hall–Kier alpha value is -3.26. The molecular weight excluding hydrogens is 389 g/mol. The van der Waals surface area contributed by atoms with Gasteiger partial charge in [-0.25, -0.2) is 4.39 Å². The van der Waals surface area contributed by atoms with E-state index in [1.165, 1.54) is 18.2 Å². The van der Waals surface area contributed by atoms with E-state index in [0.29, 0.717) is 16.7 Å². The number of hydrogen-bond donors (Lipinski definition) is 3.